The van der Waals surface area contributed by atoms with Crippen molar-refractivity contribution in [3.05, 3.63) is 16.7 Å². The summed E-state index contributed by atoms with van der Waals surface area (Å²) in [5, 5.41) is 11.1. The van der Waals surface area contributed by atoms with E-state index in [0.717, 1.165) is 0 Å². The van der Waals surface area contributed by atoms with Gasteiger partial charge in [-0.05, 0) is 6.26 Å². The van der Waals surface area contributed by atoms with Crippen LogP contribution in [0.3, 0.4) is 0 Å². The number of hydrogen-bond acceptors (Lipinski definition) is 7. The van der Waals surface area contributed by atoms with Gasteiger partial charge in [-0.3, -0.25) is 19.9 Å². The number of fused-ring (bicyclic) bond motifs is 1. The van der Waals surface area contributed by atoms with Crippen molar-refractivity contribution >= 4 is 40.9 Å². The Morgan fingerprint density at radius 3 is 3.00 bits per heavy atom. The Kier molecular flexibility index (Phi) is 4.99. The van der Waals surface area contributed by atoms with E-state index in [1.54, 1.807) is 0 Å². The van der Waals surface area contributed by atoms with Crippen LogP contribution in [0.15, 0.2) is 11.1 Å². The minimum absolute atomic E-state index is 0.0115. The van der Waals surface area contributed by atoms with Crippen molar-refractivity contribution in [2.45, 2.75) is 6.54 Å². The fourth-order valence-corrected chi connectivity index (χ4v) is 1.87. The second kappa shape index (κ2) is 6.93. The molecular formula is C11H13N5O5S. The first-order valence-electron chi connectivity index (χ1n) is 6.11. The van der Waals surface area contributed by atoms with Gasteiger partial charge in [0.2, 0.25) is 5.95 Å². The fraction of sp³-hybridized carbons (Fsp3) is 0.364. The largest absolute Gasteiger partial charge is 0.480 e. The van der Waals surface area contributed by atoms with Crippen molar-refractivity contribution in [3.8, 4) is 0 Å². The minimum atomic E-state index is -1.10. The normalized spacial score (nSPS) is 10.6. The quantitative estimate of drug-likeness (QED) is 0.635. The predicted octanol–water partition coefficient (Wildman–Crippen LogP) is 0.116. The Morgan fingerprint density at radius 2 is 2.32 bits per heavy atom. The average molecular weight is 327 g/mol. The number of thioether (sulfide) groups is 1. The number of ether oxygens (including phenoxy) is 1. The summed E-state index contributed by atoms with van der Waals surface area (Å²) in [5.74, 6) is -0.604. The van der Waals surface area contributed by atoms with Gasteiger partial charge in [0.15, 0.2) is 11.2 Å². The van der Waals surface area contributed by atoms with Crippen LogP contribution >= 0.6 is 11.8 Å². The number of amides is 1. The topological polar surface area (TPSA) is 139 Å². The summed E-state index contributed by atoms with van der Waals surface area (Å²) >= 11 is 1.52. The molecule has 0 fully saturated rings. The molecule has 0 aliphatic rings. The molecule has 0 aliphatic carbocycles. The molecule has 10 nitrogen and oxygen atoms in total. The van der Waals surface area contributed by atoms with Crippen molar-refractivity contribution in [1.29, 1.82) is 0 Å². The van der Waals surface area contributed by atoms with Crippen LogP contribution < -0.4 is 10.9 Å². The van der Waals surface area contributed by atoms with E-state index in [1.807, 2.05) is 6.26 Å². The van der Waals surface area contributed by atoms with Gasteiger partial charge in [-0.2, -0.15) is 16.7 Å². The van der Waals surface area contributed by atoms with Gasteiger partial charge in [0, 0.05) is 5.75 Å². The van der Waals surface area contributed by atoms with Crippen LogP contribution in [0.2, 0.25) is 0 Å². The number of aliphatic carboxylic acids is 1. The fourth-order valence-electron chi connectivity index (χ4n) is 1.62. The highest BCUT2D eigenvalue weighted by Crippen LogP contribution is 2.08. The number of carboxylic acids is 1. The SMILES string of the molecule is CSCCOC(=O)Nc1nc2c(ncn2CC(=O)O)c(=O)[nH]1. The van der Waals surface area contributed by atoms with Crippen molar-refractivity contribution in [3.63, 3.8) is 0 Å². The third kappa shape index (κ3) is 3.75. The number of carboxylic acid groups (broad SMARTS) is 1. The van der Waals surface area contributed by atoms with Crippen molar-refractivity contribution < 1.29 is 19.4 Å². The lowest BCUT2D eigenvalue weighted by Gasteiger charge is -2.06. The third-order valence-corrected chi connectivity index (χ3v) is 3.10. The molecule has 2 aromatic heterocycles. The number of H-pyrrole nitrogens is 1. The summed E-state index contributed by atoms with van der Waals surface area (Å²) in [6, 6.07) is 0. The number of carbonyl (C=O) groups is 2. The number of hydrogen-bond donors (Lipinski definition) is 3. The van der Waals surface area contributed by atoms with Crippen LogP contribution in [0, 0.1) is 0 Å². The molecule has 1 amide bonds. The minimum Gasteiger partial charge on any atom is -0.480 e. The molecule has 11 heteroatoms. The van der Waals surface area contributed by atoms with E-state index in [9.17, 15) is 14.4 Å². The third-order valence-electron chi connectivity index (χ3n) is 2.52. The summed E-state index contributed by atoms with van der Waals surface area (Å²) < 4.78 is 6.06. The van der Waals surface area contributed by atoms with Crippen molar-refractivity contribution in [2.24, 2.45) is 0 Å². The van der Waals surface area contributed by atoms with Crippen LogP contribution in [0.1, 0.15) is 0 Å². The van der Waals surface area contributed by atoms with Crippen LogP contribution in [0.4, 0.5) is 10.7 Å². The molecule has 2 aromatic rings. The summed E-state index contributed by atoms with van der Waals surface area (Å²) in [4.78, 5) is 44.2. The highest BCUT2D eigenvalue weighted by molar-refractivity contribution is 7.98. The maximum absolute atomic E-state index is 11.8. The number of carbonyl (C=O) groups excluding carboxylic acids is 1. The lowest BCUT2D eigenvalue weighted by Crippen LogP contribution is -2.20. The van der Waals surface area contributed by atoms with Gasteiger partial charge in [-0.15, -0.1) is 0 Å². The van der Waals surface area contributed by atoms with Crippen LogP contribution in [0.5, 0.6) is 0 Å². The number of imidazole rings is 1. The first-order valence-corrected chi connectivity index (χ1v) is 7.50. The number of rotatable bonds is 6. The molecule has 0 saturated heterocycles. The molecule has 0 aliphatic heterocycles. The van der Waals surface area contributed by atoms with E-state index < -0.39 is 24.2 Å². The van der Waals surface area contributed by atoms with E-state index in [-0.39, 0.29) is 23.7 Å². The first-order chi connectivity index (χ1) is 10.5. The molecule has 118 valence electrons. The van der Waals surface area contributed by atoms with Gasteiger partial charge in [-0.1, -0.05) is 0 Å². The average Bonchev–Trinajstić information content (AvgIpc) is 2.82. The van der Waals surface area contributed by atoms with Gasteiger partial charge < -0.3 is 14.4 Å². The maximum Gasteiger partial charge on any atom is 0.413 e. The van der Waals surface area contributed by atoms with Crippen molar-refractivity contribution in [2.75, 3.05) is 23.9 Å². The predicted molar refractivity (Wildman–Crippen MR) is 79.1 cm³/mol. The second-order valence-electron chi connectivity index (χ2n) is 4.11. The lowest BCUT2D eigenvalue weighted by molar-refractivity contribution is -0.137. The molecule has 3 N–H and O–H groups in total. The van der Waals surface area contributed by atoms with Crippen LogP contribution in [-0.4, -0.2) is 55.3 Å². The number of aromatic amines is 1. The smallest absolute Gasteiger partial charge is 0.413 e. The zero-order valence-corrected chi connectivity index (χ0v) is 12.3. The molecule has 0 spiro atoms. The summed E-state index contributed by atoms with van der Waals surface area (Å²) in [6.45, 7) is -0.180. The Balaban J connectivity index is 2.22. The van der Waals surface area contributed by atoms with Gasteiger partial charge in [-0.25, -0.2) is 9.78 Å². The highest BCUT2D eigenvalue weighted by Gasteiger charge is 2.13. The van der Waals surface area contributed by atoms with E-state index in [2.05, 4.69) is 20.3 Å². The van der Waals surface area contributed by atoms with Gasteiger partial charge in [0.1, 0.15) is 13.2 Å². The van der Waals surface area contributed by atoms with E-state index in [4.69, 9.17) is 9.84 Å². The van der Waals surface area contributed by atoms with E-state index >= 15 is 0 Å². The molecule has 0 aromatic carbocycles. The molecular weight excluding hydrogens is 314 g/mol. The molecule has 22 heavy (non-hydrogen) atoms. The number of nitrogens with zero attached hydrogens (tertiary/aromatic N) is 3. The highest BCUT2D eigenvalue weighted by atomic mass is 32.2. The van der Waals surface area contributed by atoms with E-state index in [1.165, 1.54) is 22.7 Å². The maximum atomic E-state index is 11.8. The molecule has 2 heterocycles. The summed E-state index contributed by atoms with van der Waals surface area (Å²) in [6.07, 6.45) is 2.31. The first kappa shape index (κ1) is 15.8. The second-order valence-corrected chi connectivity index (χ2v) is 5.09. The molecule has 2 rings (SSSR count). The zero-order valence-electron chi connectivity index (χ0n) is 11.5. The summed E-state index contributed by atoms with van der Waals surface area (Å²) in [7, 11) is 0. The van der Waals surface area contributed by atoms with E-state index in [0.29, 0.717) is 5.75 Å². The zero-order chi connectivity index (χ0) is 16.1. The monoisotopic (exact) mass is 327 g/mol. The van der Waals surface area contributed by atoms with Crippen LogP contribution in [-0.2, 0) is 16.1 Å². The Morgan fingerprint density at radius 1 is 1.55 bits per heavy atom. The Labute approximate surface area is 127 Å². The van der Waals surface area contributed by atoms with Gasteiger partial charge in [0.05, 0.1) is 6.33 Å². The summed E-state index contributed by atoms with van der Waals surface area (Å²) in [5.41, 5.74) is -0.540. The number of nitrogens with one attached hydrogen (secondary N) is 2. The Hall–Kier alpha value is -2.56. The lowest BCUT2D eigenvalue weighted by atomic mass is 10.5. The Bertz CT molecular complexity index is 755. The molecule has 0 bridgehead atoms. The van der Waals surface area contributed by atoms with Gasteiger partial charge in [0.25, 0.3) is 5.56 Å². The van der Waals surface area contributed by atoms with Crippen molar-refractivity contribution in [1.82, 2.24) is 19.5 Å². The standard InChI is InChI=1S/C11H13N5O5S/c1-22-3-2-21-11(20)15-10-13-8-7(9(19)14-10)12-5-16(8)4-6(17)18/h5H,2-4H2,1H3,(H,17,18)(H2,13,14,15,19,20). The molecule has 0 atom stereocenters. The van der Waals surface area contributed by atoms with Crippen LogP contribution in [0.25, 0.3) is 11.2 Å². The molecule has 0 saturated carbocycles. The van der Waals surface area contributed by atoms with Gasteiger partial charge >= 0.3 is 12.1 Å². The number of aromatic nitrogens is 4. The number of anilines is 1. The molecule has 0 unspecified atom stereocenters. The molecule has 0 radical (unpaired) electrons.